The number of hydrogen-bond acceptors (Lipinski definition) is 6. The highest BCUT2D eigenvalue weighted by molar-refractivity contribution is 6.36. The van der Waals surface area contributed by atoms with Crippen molar-refractivity contribution < 1.29 is 19.1 Å². The summed E-state index contributed by atoms with van der Waals surface area (Å²) >= 11 is 12.4. The first-order chi connectivity index (χ1) is 17.5. The Morgan fingerprint density at radius 1 is 1.03 bits per heavy atom. The molecule has 0 saturated carbocycles. The van der Waals surface area contributed by atoms with Crippen LogP contribution in [0.25, 0.3) is 22.2 Å². The molecule has 1 N–H and O–H groups in total. The molecule has 182 valence electrons. The van der Waals surface area contributed by atoms with Gasteiger partial charge in [0.15, 0.2) is 6.61 Å². The molecule has 4 rings (SSSR count). The lowest BCUT2D eigenvalue weighted by Gasteiger charge is -2.11. The average Bonchev–Trinajstić information content (AvgIpc) is 2.88. The van der Waals surface area contributed by atoms with Gasteiger partial charge < -0.3 is 9.47 Å². The van der Waals surface area contributed by atoms with E-state index in [-0.39, 0.29) is 24.0 Å². The number of fused-ring (bicyclic) bond motifs is 1. The van der Waals surface area contributed by atoms with Crippen LogP contribution in [-0.4, -0.2) is 36.3 Å². The molecular formula is C27H21Cl2N3O4. The van der Waals surface area contributed by atoms with E-state index in [2.05, 4.69) is 10.5 Å². The summed E-state index contributed by atoms with van der Waals surface area (Å²) in [5, 5.41) is 5.29. The van der Waals surface area contributed by atoms with Gasteiger partial charge in [0.25, 0.3) is 5.91 Å². The first kappa shape index (κ1) is 25.2. The van der Waals surface area contributed by atoms with Gasteiger partial charge in [-0.3, -0.25) is 4.79 Å². The number of esters is 1. The maximum absolute atomic E-state index is 13.1. The Morgan fingerprint density at radius 2 is 1.78 bits per heavy atom. The van der Waals surface area contributed by atoms with Crippen molar-refractivity contribution in [3.8, 4) is 17.0 Å². The van der Waals surface area contributed by atoms with E-state index in [0.717, 1.165) is 5.56 Å². The monoisotopic (exact) mass is 521 g/mol. The number of pyridine rings is 1. The Bertz CT molecular complexity index is 1440. The van der Waals surface area contributed by atoms with Crippen LogP contribution < -0.4 is 10.2 Å². The van der Waals surface area contributed by atoms with Crippen molar-refractivity contribution in [3.05, 3.63) is 94.0 Å². The van der Waals surface area contributed by atoms with Crippen LogP contribution in [0.4, 0.5) is 0 Å². The number of halogens is 2. The van der Waals surface area contributed by atoms with E-state index in [9.17, 15) is 9.59 Å². The third kappa shape index (κ3) is 6.00. The number of aromatic nitrogens is 1. The van der Waals surface area contributed by atoms with Gasteiger partial charge >= 0.3 is 5.97 Å². The molecule has 0 spiro atoms. The van der Waals surface area contributed by atoms with E-state index in [0.29, 0.717) is 32.7 Å². The maximum Gasteiger partial charge on any atom is 0.344 e. The normalized spacial score (nSPS) is 11.0. The number of rotatable bonds is 8. The minimum atomic E-state index is -0.543. The van der Waals surface area contributed by atoms with E-state index in [1.807, 2.05) is 54.6 Å². The number of benzene rings is 3. The fourth-order valence-electron chi connectivity index (χ4n) is 3.50. The Kier molecular flexibility index (Phi) is 8.15. The zero-order valence-corrected chi connectivity index (χ0v) is 20.7. The molecule has 1 heterocycles. The van der Waals surface area contributed by atoms with E-state index in [4.69, 9.17) is 37.7 Å². The van der Waals surface area contributed by atoms with Crippen LogP contribution >= 0.6 is 23.2 Å². The van der Waals surface area contributed by atoms with Gasteiger partial charge in [-0.25, -0.2) is 15.2 Å². The average molecular weight is 522 g/mol. The largest absolute Gasteiger partial charge is 0.480 e. The van der Waals surface area contributed by atoms with Gasteiger partial charge in [-0.05, 0) is 31.2 Å². The molecule has 0 saturated heterocycles. The third-order valence-corrected chi connectivity index (χ3v) is 5.58. The lowest BCUT2D eigenvalue weighted by Crippen LogP contribution is -2.19. The van der Waals surface area contributed by atoms with Gasteiger partial charge in [0.05, 0.1) is 34.6 Å². The Labute approximate surface area is 217 Å². The molecule has 4 aromatic rings. The molecule has 0 unspecified atom stereocenters. The van der Waals surface area contributed by atoms with Crippen molar-refractivity contribution in [2.24, 2.45) is 5.10 Å². The van der Waals surface area contributed by atoms with Gasteiger partial charge in [0.1, 0.15) is 5.75 Å². The van der Waals surface area contributed by atoms with E-state index < -0.39 is 11.9 Å². The van der Waals surface area contributed by atoms with Gasteiger partial charge in [-0.2, -0.15) is 5.10 Å². The van der Waals surface area contributed by atoms with Gasteiger partial charge in [0, 0.05) is 21.5 Å². The van der Waals surface area contributed by atoms with Crippen LogP contribution in [0, 0.1) is 0 Å². The Balaban J connectivity index is 1.60. The number of hydrazone groups is 1. The first-order valence-electron chi connectivity index (χ1n) is 11.0. The molecule has 0 aliphatic rings. The quantitative estimate of drug-likeness (QED) is 0.176. The Morgan fingerprint density at radius 3 is 2.56 bits per heavy atom. The van der Waals surface area contributed by atoms with Gasteiger partial charge in [0.2, 0.25) is 0 Å². The maximum atomic E-state index is 13.1. The second-order valence-corrected chi connectivity index (χ2v) is 8.38. The van der Waals surface area contributed by atoms with Crippen molar-refractivity contribution in [1.29, 1.82) is 0 Å². The second-order valence-electron chi connectivity index (χ2n) is 7.54. The number of nitrogens with zero attached hydrogens (tertiary/aromatic N) is 2. The number of amides is 1. The highest BCUT2D eigenvalue weighted by Crippen LogP contribution is 2.31. The van der Waals surface area contributed by atoms with Crippen molar-refractivity contribution in [3.63, 3.8) is 0 Å². The van der Waals surface area contributed by atoms with E-state index >= 15 is 0 Å². The summed E-state index contributed by atoms with van der Waals surface area (Å²) in [6.07, 6.45) is 1.34. The van der Waals surface area contributed by atoms with Crippen LogP contribution in [0.2, 0.25) is 10.0 Å². The van der Waals surface area contributed by atoms with Crippen molar-refractivity contribution in [1.82, 2.24) is 10.4 Å². The Hall–Kier alpha value is -3.94. The van der Waals surface area contributed by atoms with Crippen LogP contribution in [0.1, 0.15) is 22.8 Å². The summed E-state index contributed by atoms with van der Waals surface area (Å²) in [7, 11) is 0. The van der Waals surface area contributed by atoms with E-state index in [1.54, 1.807) is 19.1 Å². The number of carbonyl (C=O) groups is 2. The molecule has 0 aliphatic carbocycles. The molecule has 9 heteroatoms. The molecular weight excluding hydrogens is 501 g/mol. The predicted molar refractivity (Wildman–Crippen MR) is 141 cm³/mol. The third-order valence-electron chi connectivity index (χ3n) is 5.08. The highest BCUT2D eigenvalue weighted by atomic mass is 35.5. The fraction of sp³-hybridized carbons (Fsp3) is 0.111. The summed E-state index contributed by atoms with van der Waals surface area (Å²) < 4.78 is 10.4. The zero-order valence-electron chi connectivity index (χ0n) is 19.2. The topological polar surface area (TPSA) is 89.9 Å². The van der Waals surface area contributed by atoms with Crippen molar-refractivity contribution >= 4 is 52.2 Å². The van der Waals surface area contributed by atoms with Crippen molar-refractivity contribution in [2.45, 2.75) is 6.92 Å². The number of carbonyl (C=O) groups excluding carboxylic acids is 2. The molecule has 0 atom stereocenters. The predicted octanol–water partition coefficient (Wildman–Crippen LogP) is 5.91. The second kappa shape index (κ2) is 11.7. The standard InChI is InChI=1S/C27H21Cl2N3O4/c1-2-35-25(33)16-36-26-18(12-19(28)13-22(26)29)15-30-32-27(34)21-14-24(17-8-4-3-5-9-17)31-23-11-7-6-10-20(21)23/h3-15H,2,16H2,1H3,(H,32,34)/b30-15-. The molecule has 36 heavy (non-hydrogen) atoms. The SMILES string of the molecule is CCOC(=O)COc1c(Cl)cc(Cl)cc1/C=N\NC(=O)c1cc(-c2ccccc2)nc2ccccc12. The number of hydrogen-bond donors (Lipinski definition) is 1. The van der Waals surface area contributed by atoms with Crippen LogP contribution in [-0.2, 0) is 9.53 Å². The summed E-state index contributed by atoms with van der Waals surface area (Å²) in [6, 6.07) is 21.7. The number of nitrogens with one attached hydrogen (secondary N) is 1. The number of para-hydroxylation sites is 1. The zero-order chi connectivity index (χ0) is 25.5. The molecule has 0 fully saturated rings. The van der Waals surface area contributed by atoms with Crippen LogP contribution in [0.15, 0.2) is 77.9 Å². The highest BCUT2D eigenvalue weighted by Gasteiger charge is 2.15. The lowest BCUT2D eigenvalue weighted by atomic mass is 10.0. The first-order valence-corrected chi connectivity index (χ1v) is 11.8. The smallest absolute Gasteiger partial charge is 0.344 e. The molecule has 0 bridgehead atoms. The van der Waals surface area contributed by atoms with E-state index in [1.165, 1.54) is 12.3 Å². The van der Waals surface area contributed by atoms with Crippen LogP contribution in [0.5, 0.6) is 5.75 Å². The minimum Gasteiger partial charge on any atom is -0.480 e. The fourth-order valence-corrected chi connectivity index (χ4v) is 4.07. The summed E-state index contributed by atoms with van der Waals surface area (Å²) in [6.45, 7) is 1.59. The molecule has 0 radical (unpaired) electrons. The number of ether oxygens (including phenoxy) is 2. The molecule has 0 aliphatic heterocycles. The minimum absolute atomic E-state index is 0.187. The summed E-state index contributed by atoms with van der Waals surface area (Å²) in [5.74, 6) is -0.782. The molecule has 1 aromatic heterocycles. The van der Waals surface area contributed by atoms with Crippen LogP contribution in [0.3, 0.4) is 0 Å². The lowest BCUT2D eigenvalue weighted by molar-refractivity contribution is -0.145. The summed E-state index contributed by atoms with van der Waals surface area (Å²) in [4.78, 5) is 29.5. The van der Waals surface area contributed by atoms with Crippen molar-refractivity contribution in [2.75, 3.05) is 13.2 Å². The van der Waals surface area contributed by atoms with Gasteiger partial charge in [-0.15, -0.1) is 0 Å². The molecule has 7 nitrogen and oxygen atoms in total. The molecule has 1 amide bonds. The summed E-state index contributed by atoms with van der Waals surface area (Å²) in [5.41, 5.74) is 5.57. The molecule has 3 aromatic carbocycles. The van der Waals surface area contributed by atoms with Gasteiger partial charge in [-0.1, -0.05) is 71.7 Å².